The summed E-state index contributed by atoms with van der Waals surface area (Å²) in [5.74, 6) is -0.971. The second kappa shape index (κ2) is 5.27. The standard InChI is InChI=1S/C10H15N3O5S/c14-8-3-7(4-8)12-19(17,18)9-5-11-13(6-9)2-1-10(15)16/h5-8,12,14H,1-4H2,(H,15,16). The van der Waals surface area contributed by atoms with Gasteiger partial charge >= 0.3 is 5.97 Å². The van der Waals surface area contributed by atoms with Gasteiger partial charge in [0.05, 0.1) is 25.3 Å². The molecule has 2 rings (SSSR count). The number of carboxylic acids is 1. The summed E-state index contributed by atoms with van der Waals surface area (Å²) in [5.41, 5.74) is 0. The minimum absolute atomic E-state index is 0.000668. The van der Waals surface area contributed by atoms with Crippen LogP contribution in [0.5, 0.6) is 0 Å². The average molecular weight is 289 g/mol. The van der Waals surface area contributed by atoms with E-state index in [1.165, 1.54) is 17.1 Å². The molecule has 1 saturated carbocycles. The number of hydrogen-bond acceptors (Lipinski definition) is 5. The number of aliphatic carboxylic acids is 1. The number of hydrogen-bond donors (Lipinski definition) is 3. The third kappa shape index (κ3) is 3.52. The Labute approximate surface area is 110 Å². The molecule has 0 aromatic carbocycles. The van der Waals surface area contributed by atoms with E-state index < -0.39 is 22.1 Å². The molecule has 0 radical (unpaired) electrons. The first-order valence-electron chi connectivity index (χ1n) is 5.81. The molecule has 0 amide bonds. The first-order chi connectivity index (χ1) is 8.87. The fraction of sp³-hybridized carbons (Fsp3) is 0.600. The van der Waals surface area contributed by atoms with Crippen LogP contribution >= 0.6 is 0 Å². The number of nitrogens with one attached hydrogen (secondary N) is 1. The van der Waals surface area contributed by atoms with Crippen LogP contribution in [0.25, 0.3) is 0 Å². The van der Waals surface area contributed by atoms with Crippen molar-refractivity contribution in [2.45, 2.75) is 42.8 Å². The topological polar surface area (TPSA) is 122 Å². The molecule has 1 aliphatic rings. The van der Waals surface area contributed by atoms with E-state index in [-0.39, 0.29) is 23.9 Å². The molecule has 1 aliphatic carbocycles. The Hall–Kier alpha value is -1.45. The highest BCUT2D eigenvalue weighted by molar-refractivity contribution is 7.89. The Morgan fingerprint density at radius 1 is 1.53 bits per heavy atom. The summed E-state index contributed by atoms with van der Waals surface area (Å²) in [7, 11) is -3.65. The van der Waals surface area contributed by atoms with Crippen LogP contribution < -0.4 is 4.72 Å². The summed E-state index contributed by atoms with van der Waals surface area (Å²) in [4.78, 5) is 10.4. The van der Waals surface area contributed by atoms with E-state index in [9.17, 15) is 13.2 Å². The number of aryl methyl sites for hydroxylation is 1. The maximum Gasteiger partial charge on any atom is 0.305 e. The highest BCUT2D eigenvalue weighted by Crippen LogP contribution is 2.21. The number of nitrogens with zero attached hydrogens (tertiary/aromatic N) is 2. The lowest BCUT2D eigenvalue weighted by Gasteiger charge is -2.31. The predicted octanol–water partition coefficient (Wildman–Crippen LogP) is -0.841. The van der Waals surface area contributed by atoms with Crippen molar-refractivity contribution in [1.29, 1.82) is 0 Å². The molecule has 3 N–H and O–H groups in total. The zero-order chi connectivity index (χ0) is 14.0. The van der Waals surface area contributed by atoms with Gasteiger partial charge in [-0.3, -0.25) is 9.48 Å². The fourth-order valence-electron chi connectivity index (χ4n) is 1.79. The van der Waals surface area contributed by atoms with Crippen LogP contribution in [0.3, 0.4) is 0 Å². The Kier molecular flexibility index (Phi) is 3.88. The molecule has 19 heavy (non-hydrogen) atoms. The number of carboxylic acid groups (broad SMARTS) is 1. The van der Waals surface area contributed by atoms with E-state index in [2.05, 4.69) is 9.82 Å². The molecule has 1 fully saturated rings. The summed E-state index contributed by atoms with van der Waals surface area (Å²) in [6.07, 6.45) is 2.73. The smallest absolute Gasteiger partial charge is 0.305 e. The highest BCUT2D eigenvalue weighted by atomic mass is 32.2. The SMILES string of the molecule is O=C(O)CCn1cc(S(=O)(=O)NC2CC(O)C2)cn1. The number of aromatic nitrogens is 2. The zero-order valence-electron chi connectivity index (χ0n) is 10.1. The Morgan fingerprint density at radius 2 is 2.21 bits per heavy atom. The lowest BCUT2D eigenvalue weighted by molar-refractivity contribution is -0.137. The van der Waals surface area contributed by atoms with E-state index in [4.69, 9.17) is 10.2 Å². The van der Waals surface area contributed by atoms with E-state index in [0.717, 1.165) is 0 Å². The van der Waals surface area contributed by atoms with Crippen LogP contribution in [0.2, 0.25) is 0 Å². The van der Waals surface area contributed by atoms with Crippen LogP contribution in [0.4, 0.5) is 0 Å². The molecule has 0 unspecified atom stereocenters. The van der Waals surface area contributed by atoms with Crippen molar-refractivity contribution in [3.63, 3.8) is 0 Å². The number of aliphatic hydroxyl groups excluding tert-OH is 1. The molecule has 8 nitrogen and oxygen atoms in total. The largest absolute Gasteiger partial charge is 0.481 e. The molecule has 0 aliphatic heterocycles. The summed E-state index contributed by atoms with van der Waals surface area (Å²) < 4.78 is 27.6. The number of rotatable bonds is 6. The summed E-state index contributed by atoms with van der Waals surface area (Å²) in [5, 5.41) is 21.4. The maximum atomic E-state index is 11.9. The van der Waals surface area contributed by atoms with E-state index in [1.807, 2.05) is 0 Å². The molecule has 0 bridgehead atoms. The minimum atomic E-state index is -3.65. The van der Waals surface area contributed by atoms with Crippen LogP contribution in [0.15, 0.2) is 17.3 Å². The Balaban J connectivity index is 1.98. The van der Waals surface area contributed by atoms with Gasteiger partial charge in [0.2, 0.25) is 10.0 Å². The molecular weight excluding hydrogens is 274 g/mol. The van der Waals surface area contributed by atoms with Crippen LogP contribution in [0, 0.1) is 0 Å². The number of carbonyl (C=O) groups is 1. The normalized spacial score (nSPS) is 23.0. The first kappa shape index (κ1) is 14.0. The fourth-order valence-corrected chi connectivity index (χ4v) is 3.00. The lowest BCUT2D eigenvalue weighted by atomic mass is 9.91. The average Bonchev–Trinajstić information content (AvgIpc) is 2.73. The van der Waals surface area contributed by atoms with Gasteiger partial charge in [0.25, 0.3) is 0 Å². The lowest BCUT2D eigenvalue weighted by Crippen LogP contribution is -2.46. The van der Waals surface area contributed by atoms with Crippen LogP contribution in [0.1, 0.15) is 19.3 Å². The quantitative estimate of drug-likeness (QED) is 0.627. The van der Waals surface area contributed by atoms with Crippen molar-refractivity contribution in [3.05, 3.63) is 12.4 Å². The highest BCUT2D eigenvalue weighted by Gasteiger charge is 2.31. The Morgan fingerprint density at radius 3 is 2.79 bits per heavy atom. The van der Waals surface area contributed by atoms with Gasteiger partial charge in [-0.15, -0.1) is 0 Å². The van der Waals surface area contributed by atoms with Gasteiger partial charge in [0.15, 0.2) is 0 Å². The van der Waals surface area contributed by atoms with Gasteiger partial charge in [-0.1, -0.05) is 0 Å². The second-order valence-corrected chi connectivity index (χ2v) is 6.24. The minimum Gasteiger partial charge on any atom is -0.481 e. The molecule has 1 heterocycles. The zero-order valence-corrected chi connectivity index (χ0v) is 10.9. The van der Waals surface area contributed by atoms with Gasteiger partial charge in [-0.05, 0) is 12.8 Å². The molecule has 0 saturated heterocycles. The van der Waals surface area contributed by atoms with Crippen LogP contribution in [-0.4, -0.2) is 46.5 Å². The maximum absolute atomic E-state index is 11.9. The molecule has 1 aromatic heterocycles. The second-order valence-electron chi connectivity index (χ2n) is 4.53. The Bertz CT molecular complexity index is 561. The number of sulfonamides is 1. The predicted molar refractivity (Wildman–Crippen MR) is 63.8 cm³/mol. The molecule has 0 atom stereocenters. The molecule has 106 valence electrons. The van der Waals surface area contributed by atoms with Crippen molar-refractivity contribution in [3.8, 4) is 0 Å². The van der Waals surface area contributed by atoms with Crippen molar-refractivity contribution >= 4 is 16.0 Å². The molecule has 9 heteroatoms. The van der Waals surface area contributed by atoms with Crippen LogP contribution in [-0.2, 0) is 21.4 Å². The first-order valence-corrected chi connectivity index (χ1v) is 7.30. The van der Waals surface area contributed by atoms with Gasteiger partial charge in [0, 0.05) is 12.2 Å². The third-order valence-corrected chi connectivity index (χ3v) is 4.38. The molecule has 0 spiro atoms. The van der Waals surface area contributed by atoms with Crippen molar-refractivity contribution < 1.29 is 23.4 Å². The monoisotopic (exact) mass is 289 g/mol. The van der Waals surface area contributed by atoms with Crippen molar-refractivity contribution in [1.82, 2.24) is 14.5 Å². The van der Waals surface area contributed by atoms with Gasteiger partial charge in [0.1, 0.15) is 4.90 Å². The van der Waals surface area contributed by atoms with Crippen molar-refractivity contribution in [2.24, 2.45) is 0 Å². The molecule has 1 aromatic rings. The number of aliphatic hydroxyl groups is 1. The van der Waals surface area contributed by atoms with Gasteiger partial charge < -0.3 is 10.2 Å². The summed E-state index contributed by atoms with van der Waals surface area (Å²) in [6, 6.07) is -0.248. The van der Waals surface area contributed by atoms with E-state index in [0.29, 0.717) is 12.8 Å². The summed E-state index contributed by atoms with van der Waals surface area (Å²) in [6.45, 7) is 0.118. The third-order valence-electron chi connectivity index (χ3n) is 2.91. The van der Waals surface area contributed by atoms with E-state index >= 15 is 0 Å². The van der Waals surface area contributed by atoms with Crippen molar-refractivity contribution in [2.75, 3.05) is 0 Å². The molecular formula is C10H15N3O5S. The van der Waals surface area contributed by atoms with E-state index in [1.54, 1.807) is 0 Å². The van der Waals surface area contributed by atoms with Gasteiger partial charge in [-0.25, -0.2) is 13.1 Å². The summed E-state index contributed by atoms with van der Waals surface area (Å²) >= 11 is 0. The van der Waals surface area contributed by atoms with Gasteiger partial charge in [-0.2, -0.15) is 5.10 Å².